The second kappa shape index (κ2) is 4.97. The zero-order chi connectivity index (χ0) is 11.5. The largest absolute Gasteiger partial charge is 0.219 e. The number of hydrogen-bond acceptors (Lipinski definition) is 2. The maximum atomic E-state index is 6.10. The average molecular weight is 301 g/mol. The number of alkyl halides is 1. The third kappa shape index (κ3) is 2.28. The molecule has 3 nitrogen and oxygen atoms in total. The van der Waals surface area contributed by atoms with Crippen molar-refractivity contribution in [2.75, 3.05) is 0 Å². The van der Waals surface area contributed by atoms with Crippen LogP contribution in [-0.2, 0) is 0 Å². The maximum absolute atomic E-state index is 6.10. The predicted octanol–water partition coefficient (Wildman–Crippen LogP) is 3.72. The Kier molecular flexibility index (Phi) is 3.61. The van der Waals surface area contributed by atoms with Gasteiger partial charge in [-0.1, -0.05) is 24.3 Å². The molecule has 0 aliphatic carbocycles. The molecule has 1 aromatic heterocycles. The molecule has 0 radical (unpaired) electrons. The fraction of sp³-hybridized carbons (Fsp3) is 0.273. The monoisotopic (exact) mass is 299 g/mol. The summed E-state index contributed by atoms with van der Waals surface area (Å²) in [5.74, 6) is 0. The summed E-state index contributed by atoms with van der Waals surface area (Å²) < 4.78 is 2.71. The van der Waals surface area contributed by atoms with Gasteiger partial charge in [0.05, 0.1) is 17.3 Å². The van der Waals surface area contributed by atoms with Crippen LogP contribution in [0.2, 0.25) is 0 Å². The molecular formula is C11H11BrClN3. The number of hydrogen-bond donors (Lipinski definition) is 0. The van der Waals surface area contributed by atoms with Crippen LogP contribution in [0.3, 0.4) is 0 Å². The Labute approximate surface area is 108 Å². The van der Waals surface area contributed by atoms with Crippen molar-refractivity contribution in [1.29, 1.82) is 0 Å². The van der Waals surface area contributed by atoms with Crippen molar-refractivity contribution in [3.63, 3.8) is 0 Å². The van der Waals surface area contributed by atoms with Crippen LogP contribution in [0.1, 0.15) is 24.4 Å². The zero-order valence-electron chi connectivity index (χ0n) is 8.77. The first-order valence-corrected chi connectivity index (χ1v) is 6.26. The third-order valence-corrected chi connectivity index (χ3v) is 3.49. The molecule has 2 rings (SSSR count). The van der Waals surface area contributed by atoms with Gasteiger partial charge >= 0.3 is 0 Å². The lowest BCUT2D eigenvalue weighted by atomic mass is 10.2. The van der Waals surface area contributed by atoms with Gasteiger partial charge in [0.25, 0.3) is 0 Å². The van der Waals surface area contributed by atoms with Gasteiger partial charge in [-0.05, 0) is 34.5 Å². The standard InChI is InChI=1S/C11H11BrClN3/c1-2-9(13)10-7-16(15-14-10)11-6-4-3-5-8(11)12/h3-7,9H,2H2,1H3. The molecule has 0 N–H and O–H groups in total. The number of aromatic nitrogens is 3. The van der Waals surface area contributed by atoms with E-state index in [4.69, 9.17) is 11.6 Å². The van der Waals surface area contributed by atoms with Crippen LogP contribution in [0, 0.1) is 0 Å². The summed E-state index contributed by atoms with van der Waals surface area (Å²) in [4.78, 5) is 0. The summed E-state index contributed by atoms with van der Waals surface area (Å²) in [6.45, 7) is 2.02. The van der Waals surface area contributed by atoms with Crippen LogP contribution >= 0.6 is 27.5 Å². The Bertz CT molecular complexity index is 484. The highest BCUT2D eigenvalue weighted by atomic mass is 79.9. The van der Waals surface area contributed by atoms with Crippen molar-refractivity contribution in [2.45, 2.75) is 18.7 Å². The fourth-order valence-electron chi connectivity index (χ4n) is 1.38. The number of halogens is 2. The van der Waals surface area contributed by atoms with E-state index in [0.717, 1.165) is 22.3 Å². The molecule has 0 fully saturated rings. The van der Waals surface area contributed by atoms with Crippen LogP contribution < -0.4 is 0 Å². The lowest BCUT2D eigenvalue weighted by molar-refractivity contribution is 0.784. The lowest BCUT2D eigenvalue weighted by Gasteiger charge is -2.02. The fourth-order valence-corrected chi connectivity index (χ4v) is 1.95. The molecule has 0 spiro atoms. The van der Waals surface area contributed by atoms with E-state index in [9.17, 15) is 0 Å². The molecule has 1 unspecified atom stereocenters. The SMILES string of the molecule is CCC(Cl)c1cn(-c2ccccc2Br)nn1. The summed E-state index contributed by atoms with van der Waals surface area (Å²) in [6.07, 6.45) is 2.71. The van der Waals surface area contributed by atoms with Crippen molar-refractivity contribution < 1.29 is 0 Å². The highest BCUT2D eigenvalue weighted by molar-refractivity contribution is 9.10. The van der Waals surface area contributed by atoms with Gasteiger partial charge in [-0.3, -0.25) is 0 Å². The Hall–Kier alpha value is -0.870. The first-order valence-electron chi connectivity index (χ1n) is 5.03. The third-order valence-electron chi connectivity index (χ3n) is 2.29. The second-order valence-corrected chi connectivity index (χ2v) is 4.80. The van der Waals surface area contributed by atoms with Crippen LogP contribution in [0.5, 0.6) is 0 Å². The number of para-hydroxylation sites is 1. The van der Waals surface area contributed by atoms with E-state index in [1.165, 1.54) is 0 Å². The minimum Gasteiger partial charge on any atom is -0.219 e. The topological polar surface area (TPSA) is 30.7 Å². The van der Waals surface area contributed by atoms with E-state index in [-0.39, 0.29) is 5.38 Å². The van der Waals surface area contributed by atoms with Crippen molar-refractivity contribution >= 4 is 27.5 Å². The Morgan fingerprint density at radius 1 is 1.44 bits per heavy atom. The van der Waals surface area contributed by atoms with Crippen molar-refractivity contribution in [1.82, 2.24) is 15.0 Å². The summed E-state index contributed by atoms with van der Waals surface area (Å²) in [5, 5.41) is 8.06. The molecule has 0 aliphatic heterocycles. The molecule has 0 saturated carbocycles. The molecule has 0 saturated heterocycles. The van der Waals surface area contributed by atoms with Crippen LogP contribution in [0.4, 0.5) is 0 Å². The van der Waals surface area contributed by atoms with Crippen LogP contribution in [-0.4, -0.2) is 15.0 Å². The van der Waals surface area contributed by atoms with Crippen molar-refractivity contribution in [3.8, 4) is 5.69 Å². The van der Waals surface area contributed by atoms with Gasteiger partial charge in [0.15, 0.2) is 0 Å². The second-order valence-electron chi connectivity index (χ2n) is 3.42. The van der Waals surface area contributed by atoms with Crippen LogP contribution in [0.15, 0.2) is 34.9 Å². The normalized spacial score (nSPS) is 12.7. The minimum absolute atomic E-state index is 0.0729. The van der Waals surface area contributed by atoms with Gasteiger partial charge in [0.2, 0.25) is 0 Å². The van der Waals surface area contributed by atoms with E-state index >= 15 is 0 Å². The highest BCUT2D eigenvalue weighted by Crippen LogP contribution is 2.24. The summed E-state index contributed by atoms with van der Waals surface area (Å²) >= 11 is 9.58. The summed E-state index contributed by atoms with van der Waals surface area (Å²) in [6, 6.07) is 7.85. The molecule has 1 heterocycles. The molecule has 0 aliphatic rings. The van der Waals surface area contributed by atoms with Gasteiger partial charge in [0, 0.05) is 4.47 Å². The molecule has 1 atom stereocenters. The zero-order valence-corrected chi connectivity index (χ0v) is 11.1. The summed E-state index contributed by atoms with van der Waals surface area (Å²) in [5.41, 5.74) is 1.76. The lowest BCUT2D eigenvalue weighted by Crippen LogP contribution is -1.95. The van der Waals surface area contributed by atoms with Crippen LogP contribution in [0.25, 0.3) is 5.69 Å². The molecule has 84 valence electrons. The van der Waals surface area contributed by atoms with E-state index in [1.807, 2.05) is 37.4 Å². The van der Waals surface area contributed by atoms with E-state index < -0.39 is 0 Å². The Morgan fingerprint density at radius 2 is 2.19 bits per heavy atom. The molecular weight excluding hydrogens is 289 g/mol. The van der Waals surface area contributed by atoms with Gasteiger partial charge in [-0.25, -0.2) is 4.68 Å². The maximum Gasteiger partial charge on any atom is 0.101 e. The summed E-state index contributed by atoms with van der Waals surface area (Å²) in [7, 11) is 0. The quantitative estimate of drug-likeness (QED) is 0.809. The van der Waals surface area contributed by atoms with Crippen molar-refractivity contribution in [3.05, 3.63) is 40.6 Å². The average Bonchev–Trinajstić information content (AvgIpc) is 2.78. The number of nitrogens with zero attached hydrogens (tertiary/aromatic N) is 3. The Morgan fingerprint density at radius 3 is 2.88 bits per heavy atom. The number of rotatable bonds is 3. The molecule has 5 heteroatoms. The Balaban J connectivity index is 2.35. The molecule has 1 aromatic carbocycles. The van der Waals surface area contributed by atoms with E-state index in [2.05, 4.69) is 26.2 Å². The highest BCUT2D eigenvalue weighted by Gasteiger charge is 2.11. The van der Waals surface area contributed by atoms with E-state index in [1.54, 1.807) is 4.68 Å². The minimum atomic E-state index is -0.0729. The van der Waals surface area contributed by atoms with Crippen molar-refractivity contribution in [2.24, 2.45) is 0 Å². The van der Waals surface area contributed by atoms with Gasteiger partial charge in [-0.15, -0.1) is 16.7 Å². The molecule has 0 bridgehead atoms. The molecule has 16 heavy (non-hydrogen) atoms. The molecule has 2 aromatic rings. The van der Waals surface area contributed by atoms with Gasteiger partial charge in [0.1, 0.15) is 5.69 Å². The predicted molar refractivity (Wildman–Crippen MR) is 67.9 cm³/mol. The van der Waals surface area contributed by atoms with Gasteiger partial charge in [-0.2, -0.15) is 0 Å². The van der Waals surface area contributed by atoms with E-state index in [0.29, 0.717) is 0 Å². The molecule has 0 amide bonds. The first kappa shape index (κ1) is 11.6. The first-order chi connectivity index (χ1) is 7.72. The number of benzene rings is 1. The smallest absolute Gasteiger partial charge is 0.101 e. The van der Waals surface area contributed by atoms with Gasteiger partial charge < -0.3 is 0 Å².